The van der Waals surface area contributed by atoms with Crippen molar-refractivity contribution in [1.29, 1.82) is 0 Å². The SMILES string of the molecule is O=C(OC1CC=CO1)C1CC1. The Labute approximate surface area is 65.0 Å². The third-order valence-corrected chi connectivity index (χ3v) is 1.81. The summed E-state index contributed by atoms with van der Waals surface area (Å²) in [7, 11) is 0. The first-order valence-corrected chi connectivity index (χ1v) is 3.87. The van der Waals surface area contributed by atoms with E-state index in [2.05, 4.69) is 0 Å². The summed E-state index contributed by atoms with van der Waals surface area (Å²) in [5.41, 5.74) is 0. The van der Waals surface area contributed by atoms with Crippen LogP contribution in [0.1, 0.15) is 19.3 Å². The molecule has 1 atom stereocenters. The smallest absolute Gasteiger partial charge is 0.312 e. The summed E-state index contributed by atoms with van der Waals surface area (Å²) in [5, 5.41) is 0. The minimum absolute atomic E-state index is 0.0984. The number of rotatable bonds is 2. The van der Waals surface area contributed by atoms with E-state index in [4.69, 9.17) is 9.47 Å². The van der Waals surface area contributed by atoms with Crippen LogP contribution >= 0.6 is 0 Å². The summed E-state index contributed by atoms with van der Waals surface area (Å²) in [4.78, 5) is 11.0. The molecule has 11 heavy (non-hydrogen) atoms. The van der Waals surface area contributed by atoms with Gasteiger partial charge in [-0.1, -0.05) is 0 Å². The number of hydrogen-bond acceptors (Lipinski definition) is 3. The van der Waals surface area contributed by atoms with E-state index < -0.39 is 0 Å². The first-order chi connectivity index (χ1) is 5.36. The van der Waals surface area contributed by atoms with Gasteiger partial charge in [-0.2, -0.15) is 0 Å². The molecular formula is C8H10O3. The van der Waals surface area contributed by atoms with E-state index in [0.29, 0.717) is 6.42 Å². The standard InChI is InChI=1S/C8H10O3/c9-8(6-3-4-6)11-7-2-1-5-10-7/h1,5-7H,2-4H2. The molecule has 1 aliphatic carbocycles. The van der Waals surface area contributed by atoms with Crippen LogP contribution in [0.4, 0.5) is 0 Å². The van der Waals surface area contributed by atoms with Gasteiger partial charge in [0.1, 0.15) is 0 Å². The Morgan fingerprint density at radius 3 is 2.91 bits per heavy atom. The second-order valence-corrected chi connectivity index (χ2v) is 2.88. The lowest BCUT2D eigenvalue weighted by atomic mass is 10.4. The van der Waals surface area contributed by atoms with Crippen molar-refractivity contribution in [3.05, 3.63) is 12.3 Å². The van der Waals surface area contributed by atoms with Crippen molar-refractivity contribution < 1.29 is 14.3 Å². The van der Waals surface area contributed by atoms with Crippen molar-refractivity contribution in [2.45, 2.75) is 25.6 Å². The lowest BCUT2D eigenvalue weighted by molar-refractivity contribution is -0.167. The fourth-order valence-corrected chi connectivity index (χ4v) is 0.986. The van der Waals surface area contributed by atoms with Crippen LogP contribution in [0.2, 0.25) is 0 Å². The number of carbonyl (C=O) groups excluding carboxylic acids is 1. The van der Waals surface area contributed by atoms with Crippen LogP contribution in [-0.2, 0) is 14.3 Å². The van der Waals surface area contributed by atoms with Crippen LogP contribution in [0.3, 0.4) is 0 Å². The normalized spacial score (nSPS) is 28.2. The Kier molecular flexibility index (Phi) is 1.56. The van der Waals surface area contributed by atoms with E-state index in [1.54, 1.807) is 6.26 Å². The van der Waals surface area contributed by atoms with Crippen LogP contribution < -0.4 is 0 Å². The molecule has 1 aliphatic heterocycles. The summed E-state index contributed by atoms with van der Waals surface area (Å²) < 4.78 is 9.99. The molecule has 2 rings (SSSR count). The molecule has 3 heteroatoms. The fourth-order valence-electron chi connectivity index (χ4n) is 0.986. The Hall–Kier alpha value is -0.990. The molecule has 2 aliphatic rings. The monoisotopic (exact) mass is 154 g/mol. The van der Waals surface area contributed by atoms with Crippen molar-refractivity contribution in [3.63, 3.8) is 0 Å². The first kappa shape index (κ1) is 6.70. The topological polar surface area (TPSA) is 35.5 Å². The van der Waals surface area contributed by atoms with Gasteiger partial charge in [-0.25, -0.2) is 0 Å². The van der Waals surface area contributed by atoms with Crippen LogP contribution in [0.15, 0.2) is 12.3 Å². The lowest BCUT2D eigenvalue weighted by Crippen LogP contribution is -2.17. The van der Waals surface area contributed by atoms with Crippen molar-refractivity contribution >= 4 is 5.97 Å². The molecule has 0 aromatic heterocycles. The van der Waals surface area contributed by atoms with Gasteiger partial charge in [-0.3, -0.25) is 4.79 Å². The van der Waals surface area contributed by atoms with Gasteiger partial charge in [0.15, 0.2) is 0 Å². The van der Waals surface area contributed by atoms with Crippen LogP contribution in [-0.4, -0.2) is 12.3 Å². The quantitative estimate of drug-likeness (QED) is 0.560. The maximum Gasteiger partial charge on any atom is 0.312 e. The van der Waals surface area contributed by atoms with Gasteiger partial charge >= 0.3 is 5.97 Å². The van der Waals surface area contributed by atoms with Crippen molar-refractivity contribution in [1.82, 2.24) is 0 Å². The highest BCUT2D eigenvalue weighted by atomic mass is 16.7. The number of carbonyl (C=O) groups is 1. The molecule has 0 saturated heterocycles. The largest absolute Gasteiger partial charge is 0.462 e. The Morgan fingerprint density at radius 1 is 1.55 bits per heavy atom. The van der Waals surface area contributed by atoms with Crippen molar-refractivity contribution in [3.8, 4) is 0 Å². The minimum atomic E-state index is -0.344. The zero-order valence-electron chi connectivity index (χ0n) is 6.16. The molecule has 1 fully saturated rings. The first-order valence-electron chi connectivity index (χ1n) is 3.87. The van der Waals surface area contributed by atoms with Crippen LogP contribution in [0, 0.1) is 5.92 Å². The zero-order chi connectivity index (χ0) is 7.68. The summed E-state index contributed by atoms with van der Waals surface area (Å²) >= 11 is 0. The number of ether oxygens (including phenoxy) is 2. The van der Waals surface area contributed by atoms with Crippen LogP contribution in [0.25, 0.3) is 0 Å². The Bertz CT molecular complexity index is 186. The van der Waals surface area contributed by atoms with E-state index in [0.717, 1.165) is 12.8 Å². The highest BCUT2D eigenvalue weighted by Gasteiger charge is 2.33. The molecule has 0 spiro atoms. The van der Waals surface area contributed by atoms with E-state index in [-0.39, 0.29) is 18.2 Å². The molecule has 0 aromatic rings. The zero-order valence-corrected chi connectivity index (χ0v) is 6.16. The summed E-state index contributed by atoms with van der Waals surface area (Å²) in [6.07, 6.45) is 5.75. The molecule has 0 aromatic carbocycles. The second-order valence-electron chi connectivity index (χ2n) is 2.88. The minimum Gasteiger partial charge on any atom is -0.462 e. The highest BCUT2D eigenvalue weighted by molar-refractivity contribution is 5.75. The number of esters is 1. The summed E-state index contributed by atoms with van der Waals surface area (Å²) in [6, 6.07) is 0. The summed E-state index contributed by atoms with van der Waals surface area (Å²) in [5.74, 6) is 0.0675. The van der Waals surface area contributed by atoms with E-state index in [1.807, 2.05) is 6.08 Å². The average molecular weight is 154 g/mol. The average Bonchev–Trinajstić information content (AvgIpc) is 2.73. The molecule has 3 nitrogen and oxygen atoms in total. The molecule has 0 bridgehead atoms. The molecule has 1 saturated carbocycles. The highest BCUT2D eigenvalue weighted by Crippen LogP contribution is 2.31. The second kappa shape index (κ2) is 2.57. The van der Waals surface area contributed by atoms with Gasteiger partial charge in [0.05, 0.1) is 12.2 Å². The maximum atomic E-state index is 11.0. The van der Waals surface area contributed by atoms with Gasteiger partial charge in [0.25, 0.3) is 0 Å². The van der Waals surface area contributed by atoms with Crippen LogP contribution in [0.5, 0.6) is 0 Å². The molecule has 60 valence electrons. The van der Waals surface area contributed by atoms with Gasteiger partial charge in [-0.15, -0.1) is 0 Å². The van der Waals surface area contributed by atoms with Crippen molar-refractivity contribution in [2.24, 2.45) is 5.92 Å². The molecular weight excluding hydrogens is 144 g/mol. The number of hydrogen-bond donors (Lipinski definition) is 0. The van der Waals surface area contributed by atoms with E-state index in [1.165, 1.54) is 0 Å². The third kappa shape index (κ3) is 1.53. The fraction of sp³-hybridized carbons (Fsp3) is 0.625. The van der Waals surface area contributed by atoms with E-state index in [9.17, 15) is 4.79 Å². The third-order valence-electron chi connectivity index (χ3n) is 1.81. The molecule has 1 heterocycles. The Balaban J connectivity index is 1.75. The molecule has 0 amide bonds. The Morgan fingerprint density at radius 2 is 2.36 bits per heavy atom. The van der Waals surface area contributed by atoms with E-state index >= 15 is 0 Å². The van der Waals surface area contributed by atoms with Gasteiger partial charge < -0.3 is 9.47 Å². The lowest BCUT2D eigenvalue weighted by Gasteiger charge is -2.10. The van der Waals surface area contributed by atoms with Gasteiger partial charge in [0, 0.05) is 6.42 Å². The molecule has 0 radical (unpaired) electrons. The molecule has 0 N–H and O–H groups in total. The summed E-state index contributed by atoms with van der Waals surface area (Å²) in [6.45, 7) is 0. The molecule has 1 unspecified atom stereocenters. The predicted molar refractivity (Wildman–Crippen MR) is 37.4 cm³/mol. The van der Waals surface area contributed by atoms with Crippen molar-refractivity contribution in [2.75, 3.05) is 0 Å². The maximum absolute atomic E-state index is 11.0. The predicted octanol–water partition coefficient (Wildman–Crippen LogP) is 1.20. The van der Waals surface area contributed by atoms with Gasteiger partial charge in [0.2, 0.25) is 6.29 Å². The van der Waals surface area contributed by atoms with Gasteiger partial charge in [-0.05, 0) is 18.9 Å².